The fourth-order valence-electron chi connectivity index (χ4n) is 2.12. The van der Waals surface area contributed by atoms with E-state index in [2.05, 4.69) is 25.9 Å². The van der Waals surface area contributed by atoms with Crippen LogP contribution in [0.5, 0.6) is 0 Å². The fourth-order valence-corrected chi connectivity index (χ4v) is 2.12. The van der Waals surface area contributed by atoms with Crippen molar-refractivity contribution in [3.05, 3.63) is 59.7 Å². The van der Waals surface area contributed by atoms with E-state index < -0.39 is 0 Å². The second kappa shape index (κ2) is 6.17. The Balaban J connectivity index is 1.69. The molecule has 0 radical (unpaired) electrons. The molecule has 0 unspecified atom stereocenters. The van der Waals surface area contributed by atoms with Crippen molar-refractivity contribution in [2.24, 2.45) is 0 Å². The number of nitrogens with zero attached hydrogens (tertiary/aromatic N) is 3. The number of hydrogen-bond donors (Lipinski definition) is 2. The molecule has 0 aliphatic carbocycles. The summed E-state index contributed by atoms with van der Waals surface area (Å²) in [6.45, 7) is 2.02. The number of anilines is 1. The largest absolute Gasteiger partial charge is 0.326 e. The molecule has 6 heteroatoms. The zero-order valence-electron chi connectivity index (χ0n) is 12.1. The number of aryl methyl sites for hydroxylation is 1. The minimum atomic E-state index is -0.0610. The van der Waals surface area contributed by atoms with E-state index in [9.17, 15) is 4.79 Å². The topological polar surface area (TPSA) is 83.6 Å². The second-order valence-electron chi connectivity index (χ2n) is 5.03. The van der Waals surface area contributed by atoms with Crippen LogP contribution in [-0.4, -0.2) is 26.5 Å². The molecule has 3 rings (SSSR count). The Bertz CT molecular complexity index is 765. The number of aromatic nitrogens is 4. The quantitative estimate of drug-likeness (QED) is 0.773. The highest BCUT2D eigenvalue weighted by Crippen LogP contribution is 2.18. The highest BCUT2D eigenvalue weighted by atomic mass is 16.1. The molecule has 1 aromatic heterocycles. The summed E-state index contributed by atoms with van der Waals surface area (Å²) in [6, 6.07) is 15.3. The van der Waals surface area contributed by atoms with Gasteiger partial charge in [-0.15, -0.1) is 10.2 Å². The van der Waals surface area contributed by atoms with E-state index in [0.717, 1.165) is 11.1 Å². The van der Waals surface area contributed by atoms with E-state index in [-0.39, 0.29) is 5.91 Å². The molecule has 0 fully saturated rings. The predicted molar refractivity (Wildman–Crippen MR) is 83.1 cm³/mol. The van der Waals surface area contributed by atoms with Gasteiger partial charge >= 0.3 is 0 Å². The van der Waals surface area contributed by atoms with E-state index in [4.69, 9.17) is 0 Å². The lowest BCUT2D eigenvalue weighted by Crippen LogP contribution is -2.14. The summed E-state index contributed by atoms with van der Waals surface area (Å²) in [7, 11) is 0. The normalized spacial score (nSPS) is 10.4. The first-order valence-electron chi connectivity index (χ1n) is 6.90. The van der Waals surface area contributed by atoms with E-state index in [0.29, 0.717) is 17.9 Å². The van der Waals surface area contributed by atoms with Crippen molar-refractivity contribution in [3.8, 4) is 11.4 Å². The van der Waals surface area contributed by atoms with Crippen molar-refractivity contribution < 1.29 is 4.79 Å². The van der Waals surface area contributed by atoms with Crippen LogP contribution in [-0.2, 0) is 11.2 Å². The molecule has 3 aromatic rings. The maximum absolute atomic E-state index is 12.1. The molecule has 2 N–H and O–H groups in total. The molecule has 0 spiro atoms. The van der Waals surface area contributed by atoms with E-state index in [1.807, 2.05) is 55.5 Å². The number of carbonyl (C=O) groups excluding carboxylic acids is 1. The highest BCUT2D eigenvalue weighted by Gasteiger charge is 2.07. The number of tetrazole rings is 1. The summed E-state index contributed by atoms with van der Waals surface area (Å²) in [5.41, 5.74) is 3.66. The molecule has 2 aromatic carbocycles. The van der Waals surface area contributed by atoms with Crippen molar-refractivity contribution >= 4 is 11.6 Å². The van der Waals surface area contributed by atoms with E-state index >= 15 is 0 Å². The Morgan fingerprint density at radius 3 is 2.73 bits per heavy atom. The van der Waals surface area contributed by atoms with Gasteiger partial charge in [-0.1, -0.05) is 42.0 Å². The number of rotatable bonds is 4. The summed E-state index contributed by atoms with van der Waals surface area (Å²) in [4.78, 5) is 12.1. The second-order valence-corrected chi connectivity index (χ2v) is 5.03. The van der Waals surface area contributed by atoms with Crippen molar-refractivity contribution in [2.45, 2.75) is 13.3 Å². The van der Waals surface area contributed by atoms with Crippen molar-refractivity contribution in [3.63, 3.8) is 0 Å². The minimum Gasteiger partial charge on any atom is -0.326 e. The van der Waals surface area contributed by atoms with E-state index in [1.54, 1.807) is 0 Å². The maximum atomic E-state index is 12.1. The number of nitrogens with one attached hydrogen (secondary N) is 2. The third kappa shape index (κ3) is 3.35. The Hall–Kier alpha value is -3.02. The molecule has 1 amide bonds. The first-order valence-corrected chi connectivity index (χ1v) is 6.90. The van der Waals surface area contributed by atoms with E-state index in [1.165, 1.54) is 5.56 Å². The molecule has 0 saturated carbocycles. The van der Waals surface area contributed by atoms with Gasteiger partial charge in [0, 0.05) is 11.3 Å². The summed E-state index contributed by atoms with van der Waals surface area (Å²) in [5.74, 6) is 0.434. The van der Waals surface area contributed by atoms with Gasteiger partial charge in [0.25, 0.3) is 0 Å². The number of aromatic amines is 1. The highest BCUT2D eigenvalue weighted by molar-refractivity contribution is 5.92. The third-order valence-corrected chi connectivity index (χ3v) is 3.24. The number of carbonyl (C=O) groups is 1. The zero-order valence-corrected chi connectivity index (χ0v) is 12.1. The molecule has 0 aliphatic heterocycles. The maximum Gasteiger partial charge on any atom is 0.228 e. The lowest BCUT2D eigenvalue weighted by Gasteiger charge is -2.06. The molecule has 0 atom stereocenters. The Morgan fingerprint density at radius 2 is 2.00 bits per heavy atom. The van der Waals surface area contributed by atoms with Crippen molar-refractivity contribution in [1.82, 2.24) is 20.6 Å². The number of benzene rings is 2. The van der Waals surface area contributed by atoms with Crippen LogP contribution in [0.2, 0.25) is 0 Å². The van der Waals surface area contributed by atoms with Gasteiger partial charge in [0.2, 0.25) is 11.7 Å². The van der Waals surface area contributed by atoms with Gasteiger partial charge in [-0.3, -0.25) is 4.79 Å². The summed E-state index contributed by atoms with van der Waals surface area (Å²) >= 11 is 0. The number of hydrogen-bond acceptors (Lipinski definition) is 4. The molecule has 1 heterocycles. The minimum absolute atomic E-state index is 0.0610. The van der Waals surface area contributed by atoms with Gasteiger partial charge in [-0.05, 0) is 29.8 Å². The molecule has 22 heavy (non-hydrogen) atoms. The van der Waals surface area contributed by atoms with Crippen LogP contribution in [0.3, 0.4) is 0 Å². The smallest absolute Gasteiger partial charge is 0.228 e. The predicted octanol–water partition coefficient (Wildman–Crippen LogP) is 2.36. The monoisotopic (exact) mass is 293 g/mol. The van der Waals surface area contributed by atoms with Crippen LogP contribution in [0.4, 0.5) is 5.69 Å². The average Bonchev–Trinajstić information content (AvgIpc) is 3.04. The van der Waals surface area contributed by atoms with Crippen LogP contribution < -0.4 is 5.32 Å². The molecular formula is C16H15N5O. The molecular weight excluding hydrogens is 278 g/mol. The van der Waals surface area contributed by atoms with Crippen LogP contribution in [0.1, 0.15) is 11.1 Å². The van der Waals surface area contributed by atoms with Gasteiger partial charge in [0.1, 0.15) is 0 Å². The molecule has 110 valence electrons. The number of amides is 1. The molecule has 6 nitrogen and oxygen atoms in total. The molecule has 0 aliphatic rings. The summed E-state index contributed by atoms with van der Waals surface area (Å²) < 4.78 is 0. The molecule has 0 saturated heterocycles. The van der Waals surface area contributed by atoms with Crippen LogP contribution in [0, 0.1) is 6.92 Å². The standard InChI is InChI=1S/C16H15N5O/c1-11-5-7-12(8-6-11)9-15(22)17-14-4-2-3-13(10-14)16-18-20-21-19-16/h2-8,10H,9H2,1H3,(H,17,22)(H,18,19,20,21). The van der Waals surface area contributed by atoms with Gasteiger partial charge in [-0.2, -0.15) is 5.21 Å². The summed E-state index contributed by atoms with van der Waals surface area (Å²) in [5, 5.41) is 16.7. The Morgan fingerprint density at radius 1 is 1.18 bits per heavy atom. The van der Waals surface area contributed by atoms with Crippen LogP contribution in [0.15, 0.2) is 48.5 Å². The fraction of sp³-hybridized carbons (Fsp3) is 0.125. The Kier molecular flexibility index (Phi) is 3.91. The number of H-pyrrole nitrogens is 1. The zero-order chi connectivity index (χ0) is 15.4. The first kappa shape index (κ1) is 13.9. The third-order valence-electron chi connectivity index (χ3n) is 3.24. The van der Waals surface area contributed by atoms with Crippen LogP contribution >= 0.6 is 0 Å². The lowest BCUT2D eigenvalue weighted by molar-refractivity contribution is -0.115. The molecule has 0 bridgehead atoms. The van der Waals surface area contributed by atoms with Crippen molar-refractivity contribution in [1.29, 1.82) is 0 Å². The first-order chi connectivity index (χ1) is 10.7. The average molecular weight is 293 g/mol. The van der Waals surface area contributed by atoms with Gasteiger partial charge in [0.15, 0.2) is 0 Å². The summed E-state index contributed by atoms with van der Waals surface area (Å²) in [6.07, 6.45) is 0.340. The van der Waals surface area contributed by atoms with Crippen LogP contribution in [0.25, 0.3) is 11.4 Å². The lowest BCUT2D eigenvalue weighted by atomic mass is 10.1. The van der Waals surface area contributed by atoms with Gasteiger partial charge < -0.3 is 5.32 Å². The Labute approximate surface area is 127 Å². The SMILES string of the molecule is Cc1ccc(CC(=O)Nc2cccc(-c3nn[nH]n3)c2)cc1. The van der Waals surface area contributed by atoms with Gasteiger partial charge in [0.05, 0.1) is 6.42 Å². The van der Waals surface area contributed by atoms with Crippen molar-refractivity contribution in [2.75, 3.05) is 5.32 Å². The van der Waals surface area contributed by atoms with Gasteiger partial charge in [-0.25, -0.2) is 0 Å².